The summed E-state index contributed by atoms with van der Waals surface area (Å²) < 4.78 is 0. The molecule has 0 aliphatic rings. The molecule has 0 spiro atoms. The highest BCUT2D eigenvalue weighted by Gasteiger charge is 2.09. The molecule has 106 valence electrons. The third kappa shape index (κ3) is 3.88. The average molecular weight is 289 g/mol. The van der Waals surface area contributed by atoms with Crippen LogP contribution in [0.4, 0.5) is 0 Å². The van der Waals surface area contributed by atoms with Crippen molar-refractivity contribution in [3.05, 3.63) is 51.5 Å². The first-order chi connectivity index (χ1) is 9.70. The Morgan fingerprint density at radius 1 is 1.35 bits per heavy atom. The first kappa shape index (κ1) is 14.7. The maximum atomic E-state index is 11.9. The molecule has 0 radical (unpaired) electrons. The van der Waals surface area contributed by atoms with Crippen LogP contribution in [0.15, 0.2) is 29.6 Å². The van der Waals surface area contributed by atoms with E-state index in [1.54, 1.807) is 5.38 Å². The standard InChI is InChI=1S/C15H19N3OS/c1-11-4-2-3-5-12(11)7-9-17-15(19)13-10-20-14(18-13)6-8-16/h2-5,10H,6-9,16H2,1H3,(H,17,19). The smallest absolute Gasteiger partial charge is 0.270 e. The van der Waals surface area contributed by atoms with Crippen molar-refractivity contribution in [3.8, 4) is 0 Å². The second-order valence-corrected chi connectivity index (χ2v) is 5.54. The highest BCUT2D eigenvalue weighted by molar-refractivity contribution is 7.09. The number of hydrogen-bond donors (Lipinski definition) is 2. The maximum Gasteiger partial charge on any atom is 0.270 e. The molecule has 5 heteroatoms. The molecule has 0 saturated carbocycles. The van der Waals surface area contributed by atoms with E-state index in [9.17, 15) is 4.79 Å². The van der Waals surface area contributed by atoms with Gasteiger partial charge in [0.15, 0.2) is 0 Å². The fourth-order valence-electron chi connectivity index (χ4n) is 1.95. The van der Waals surface area contributed by atoms with Crippen LogP contribution in [-0.4, -0.2) is 24.0 Å². The number of aryl methyl sites for hydroxylation is 1. The van der Waals surface area contributed by atoms with Gasteiger partial charge >= 0.3 is 0 Å². The molecule has 0 saturated heterocycles. The van der Waals surface area contributed by atoms with Gasteiger partial charge in [-0.25, -0.2) is 4.98 Å². The summed E-state index contributed by atoms with van der Waals surface area (Å²) in [5.74, 6) is -0.113. The van der Waals surface area contributed by atoms with Gasteiger partial charge in [-0.15, -0.1) is 11.3 Å². The number of nitrogens with two attached hydrogens (primary N) is 1. The Hall–Kier alpha value is -1.72. The van der Waals surface area contributed by atoms with Crippen LogP contribution < -0.4 is 11.1 Å². The number of amides is 1. The Balaban J connectivity index is 1.84. The molecule has 1 aromatic carbocycles. The second kappa shape index (κ2) is 7.17. The molecule has 0 aliphatic carbocycles. The number of thiazole rings is 1. The summed E-state index contributed by atoms with van der Waals surface area (Å²) in [6, 6.07) is 8.20. The van der Waals surface area contributed by atoms with Crippen LogP contribution in [0.25, 0.3) is 0 Å². The summed E-state index contributed by atoms with van der Waals surface area (Å²) >= 11 is 1.48. The average Bonchev–Trinajstić information content (AvgIpc) is 2.90. The molecule has 0 fully saturated rings. The van der Waals surface area contributed by atoms with Crippen molar-refractivity contribution in [2.75, 3.05) is 13.1 Å². The van der Waals surface area contributed by atoms with E-state index in [1.807, 2.05) is 12.1 Å². The van der Waals surface area contributed by atoms with Gasteiger partial charge in [-0.05, 0) is 31.0 Å². The van der Waals surface area contributed by atoms with E-state index in [1.165, 1.54) is 22.5 Å². The summed E-state index contributed by atoms with van der Waals surface area (Å²) in [4.78, 5) is 16.2. The molecule has 3 N–H and O–H groups in total. The zero-order chi connectivity index (χ0) is 14.4. The Bertz CT molecular complexity index is 580. The summed E-state index contributed by atoms with van der Waals surface area (Å²) in [7, 11) is 0. The molecule has 0 bridgehead atoms. The van der Waals surface area contributed by atoms with Gasteiger partial charge in [0.2, 0.25) is 0 Å². The topological polar surface area (TPSA) is 68.0 Å². The summed E-state index contributed by atoms with van der Waals surface area (Å²) in [6.07, 6.45) is 1.55. The first-order valence-corrected chi connectivity index (χ1v) is 7.56. The fourth-order valence-corrected chi connectivity index (χ4v) is 2.74. The number of rotatable bonds is 6. The van der Waals surface area contributed by atoms with Crippen molar-refractivity contribution in [1.29, 1.82) is 0 Å². The minimum Gasteiger partial charge on any atom is -0.350 e. The van der Waals surface area contributed by atoms with Crippen molar-refractivity contribution in [3.63, 3.8) is 0 Å². The van der Waals surface area contributed by atoms with Crippen molar-refractivity contribution in [1.82, 2.24) is 10.3 Å². The zero-order valence-corrected chi connectivity index (χ0v) is 12.4. The van der Waals surface area contributed by atoms with Gasteiger partial charge in [0, 0.05) is 18.3 Å². The lowest BCUT2D eigenvalue weighted by Crippen LogP contribution is -2.26. The van der Waals surface area contributed by atoms with Crippen LogP contribution in [0, 0.1) is 6.92 Å². The summed E-state index contributed by atoms with van der Waals surface area (Å²) in [6.45, 7) is 3.26. The normalized spacial score (nSPS) is 10.5. The van der Waals surface area contributed by atoms with Crippen molar-refractivity contribution in [2.24, 2.45) is 5.73 Å². The third-order valence-corrected chi connectivity index (χ3v) is 3.99. The summed E-state index contributed by atoms with van der Waals surface area (Å²) in [5, 5.41) is 5.60. The molecular weight excluding hydrogens is 270 g/mol. The van der Waals surface area contributed by atoms with Gasteiger partial charge in [0.05, 0.1) is 5.01 Å². The number of nitrogens with zero attached hydrogens (tertiary/aromatic N) is 1. The Morgan fingerprint density at radius 2 is 2.15 bits per heavy atom. The van der Waals surface area contributed by atoms with Gasteiger partial charge in [-0.2, -0.15) is 0 Å². The van der Waals surface area contributed by atoms with Crippen LogP contribution in [0.1, 0.15) is 26.6 Å². The Labute approximate surface area is 123 Å². The SMILES string of the molecule is Cc1ccccc1CCNC(=O)c1csc(CCN)n1. The predicted octanol–water partition coefficient (Wildman–Crippen LogP) is 1.93. The number of nitrogens with one attached hydrogen (secondary N) is 1. The van der Waals surface area contributed by atoms with Crippen molar-refractivity contribution >= 4 is 17.2 Å². The number of carbonyl (C=O) groups is 1. The molecule has 2 rings (SSSR count). The molecule has 0 atom stereocenters. The van der Waals surface area contributed by atoms with Crippen LogP contribution in [-0.2, 0) is 12.8 Å². The van der Waals surface area contributed by atoms with E-state index in [-0.39, 0.29) is 5.91 Å². The predicted molar refractivity (Wildman–Crippen MR) is 82.1 cm³/mol. The van der Waals surface area contributed by atoms with Crippen molar-refractivity contribution < 1.29 is 4.79 Å². The summed E-state index contributed by atoms with van der Waals surface area (Å²) in [5.41, 5.74) is 8.47. The lowest BCUT2D eigenvalue weighted by Gasteiger charge is -2.06. The highest BCUT2D eigenvalue weighted by atomic mass is 32.1. The zero-order valence-electron chi connectivity index (χ0n) is 11.6. The van der Waals surface area contributed by atoms with Crippen LogP contribution >= 0.6 is 11.3 Å². The molecule has 1 amide bonds. The van der Waals surface area contributed by atoms with Gasteiger partial charge in [0.1, 0.15) is 5.69 Å². The number of hydrogen-bond acceptors (Lipinski definition) is 4. The van der Waals surface area contributed by atoms with Crippen molar-refractivity contribution in [2.45, 2.75) is 19.8 Å². The van der Waals surface area contributed by atoms with Gasteiger partial charge in [-0.3, -0.25) is 4.79 Å². The Morgan fingerprint density at radius 3 is 2.90 bits per heavy atom. The second-order valence-electron chi connectivity index (χ2n) is 4.60. The minimum atomic E-state index is -0.113. The number of carbonyl (C=O) groups excluding carboxylic acids is 1. The third-order valence-electron chi connectivity index (χ3n) is 3.08. The maximum absolute atomic E-state index is 11.9. The van der Waals surface area contributed by atoms with E-state index in [0.717, 1.165) is 17.8 Å². The molecule has 1 aromatic heterocycles. The largest absolute Gasteiger partial charge is 0.350 e. The van der Waals surface area contributed by atoms with Gasteiger partial charge < -0.3 is 11.1 Å². The Kier molecular flexibility index (Phi) is 5.26. The van der Waals surface area contributed by atoms with Gasteiger partial charge in [0.25, 0.3) is 5.91 Å². The molecule has 20 heavy (non-hydrogen) atoms. The van der Waals surface area contributed by atoms with Gasteiger partial charge in [-0.1, -0.05) is 24.3 Å². The van der Waals surface area contributed by atoms with E-state index in [4.69, 9.17) is 5.73 Å². The van der Waals surface area contributed by atoms with E-state index < -0.39 is 0 Å². The fraction of sp³-hybridized carbons (Fsp3) is 0.333. The minimum absolute atomic E-state index is 0.113. The van der Waals surface area contributed by atoms with Crippen LogP contribution in [0.3, 0.4) is 0 Å². The van der Waals surface area contributed by atoms with E-state index in [0.29, 0.717) is 18.8 Å². The quantitative estimate of drug-likeness (QED) is 0.854. The van der Waals surface area contributed by atoms with Crippen LogP contribution in [0.2, 0.25) is 0 Å². The molecule has 4 nitrogen and oxygen atoms in total. The molecule has 0 unspecified atom stereocenters. The molecule has 1 heterocycles. The first-order valence-electron chi connectivity index (χ1n) is 6.68. The van der Waals surface area contributed by atoms with E-state index in [2.05, 4.69) is 29.4 Å². The lowest BCUT2D eigenvalue weighted by molar-refractivity contribution is 0.0949. The molecular formula is C15H19N3OS. The van der Waals surface area contributed by atoms with Crippen LogP contribution in [0.5, 0.6) is 0 Å². The number of benzene rings is 1. The molecule has 0 aliphatic heterocycles. The highest BCUT2D eigenvalue weighted by Crippen LogP contribution is 2.10. The monoisotopic (exact) mass is 289 g/mol. The van der Waals surface area contributed by atoms with E-state index >= 15 is 0 Å². The number of aromatic nitrogens is 1. The molecule has 2 aromatic rings. The lowest BCUT2D eigenvalue weighted by atomic mass is 10.1.